The van der Waals surface area contributed by atoms with Crippen molar-refractivity contribution in [3.63, 3.8) is 0 Å². The van der Waals surface area contributed by atoms with Crippen molar-refractivity contribution in [2.24, 2.45) is 0 Å². The molecule has 0 aliphatic rings. The number of carbonyl (C=O) groups is 1. The summed E-state index contributed by atoms with van der Waals surface area (Å²) < 4.78 is 5.61. The van der Waals surface area contributed by atoms with E-state index in [-0.39, 0.29) is 0 Å². The number of hydrogen-bond donors (Lipinski definition) is 1. The highest BCUT2D eigenvalue weighted by Crippen LogP contribution is 2.26. The third kappa shape index (κ3) is 4.80. The second-order valence-corrected chi connectivity index (χ2v) is 5.24. The van der Waals surface area contributed by atoms with Crippen LogP contribution >= 0.6 is 23.1 Å². The van der Waals surface area contributed by atoms with Crippen LogP contribution < -0.4 is 5.32 Å². The zero-order valence-electron chi connectivity index (χ0n) is 9.36. The third-order valence-electron chi connectivity index (χ3n) is 1.61. The van der Waals surface area contributed by atoms with E-state index in [0.717, 1.165) is 16.5 Å². The Balaban J connectivity index is 2.36. The molecule has 0 aliphatic carbocycles. The Labute approximate surface area is 103 Å². The lowest BCUT2D eigenvalue weighted by atomic mass is 10.4. The Kier molecular flexibility index (Phi) is 6.17. The number of unbranched alkanes of at least 4 members (excludes halogenated alkanes) is 1. The van der Waals surface area contributed by atoms with Crippen molar-refractivity contribution >= 4 is 34.3 Å². The van der Waals surface area contributed by atoms with Crippen LogP contribution in [0, 0.1) is 0 Å². The predicted molar refractivity (Wildman–Crippen MR) is 66.2 cm³/mol. The molecular weight excluding hydrogens is 246 g/mol. The number of nitrogens with one attached hydrogen (secondary N) is 1. The molecule has 1 amide bonds. The molecular formula is C9H15N3O2S2. The summed E-state index contributed by atoms with van der Waals surface area (Å²) in [4.78, 5) is 11.1. The minimum Gasteiger partial charge on any atom is -0.450 e. The Morgan fingerprint density at radius 2 is 2.31 bits per heavy atom. The van der Waals surface area contributed by atoms with E-state index < -0.39 is 6.09 Å². The zero-order chi connectivity index (χ0) is 11.8. The fourth-order valence-corrected chi connectivity index (χ4v) is 2.77. The van der Waals surface area contributed by atoms with Gasteiger partial charge in [-0.15, -0.1) is 10.2 Å². The second-order valence-electron chi connectivity index (χ2n) is 2.92. The van der Waals surface area contributed by atoms with Gasteiger partial charge in [0.2, 0.25) is 5.13 Å². The van der Waals surface area contributed by atoms with E-state index >= 15 is 0 Å². The van der Waals surface area contributed by atoms with E-state index in [0.29, 0.717) is 11.7 Å². The van der Waals surface area contributed by atoms with Crippen LogP contribution in [-0.2, 0) is 4.74 Å². The highest BCUT2D eigenvalue weighted by atomic mass is 32.2. The van der Waals surface area contributed by atoms with Gasteiger partial charge >= 0.3 is 6.09 Å². The van der Waals surface area contributed by atoms with Gasteiger partial charge in [0.15, 0.2) is 4.34 Å². The molecule has 16 heavy (non-hydrogen) atoms. The number of nitrogens with zero attached hydrogens (tertiary/aromatic N) is 2. The van der Waals surface area contributed by atoms with Crippen LogP contribution in [0.2, 0.25) is 0 Å². The standard InChI is InChI=1S/C9H15N3O2S2/c1-3-5-6-15-9-12-11-7(16-9)10-8(13)14-4-2/h3-6H2,1-2H3,(H,10,11,13). The highest BCUT2D eigenvalue weighted by molar-refractivity contribution is 8.01. The predicted octanol–water partition coefficient (Wildman–Crippen LogP) is 3.00. The first-order valence-corrected chi connectivity index (χ1v) is 6.96. The van der Waals surface area contributed by atoms with Gasteiger partial charge in [0.05, 0.1) is 6.61 Å². The Hall–Kier alpha value is -0.820. The van der Waals surface area contributed by atoms with Gasteiger partial charge in [-0.05, 0) is 13.3 Å². The lowest BCUT2D eigenvalue weighted by Gasteiger charge is -1.99. The van der Waals surface area contributed by atoms with Crippen LogP contribution in [0.15, 0.2) is 4.34 Å². The Morgan fingerprint density at radius 1 is 1.50 bits per heavy atom. The smallest absolute Gasteiger partial charge is 0.413 e. The molecule has 90 valence electrons. The van der Waals surface area contributed by atoms with Crippen LogP contribution in [0.4, 0.5) is 9.93 Å². The molecule has 0 saturated heterocycles. The maximum atomic E-state index is 11.1. The molecule has 0 fully saturated rings. The van der Waals surface area contributed by atoms with Gasteiger partial charge in [-0.1, -0.05) is 36.4 Å². The molecule has 1 aromatic rings. The molecule has 0 unspecified atom stereocenters. The number of anilines is 1. The third-order valence-corrected chi connectivity index (χ3v) is 3.67. The molecule has 1 aromatic heterocycles. The molecule has 0 atom stereocenters. The topological polar surface area (TPSA) is 64.1 Å². The molecule has 1 heterocycles. The van der Waals surface area contributed by atoms with Crippen molar-refractivity contribution < 1.29 is 9.53 Å². The van der Waals surface area contributed by atoms with Gasteiger partial charge in [-0.25, -0.2) is 4.79 Å². The summed E-state index contributed by atoms with van der Waals surface area (Å²) >= 11 is 3.03. The molecule has 0 saturated carbocycles. The molecule has 1 N–H and O–H groups in total. The molecule has 0 radical (unpaired) electrons. The first kappa shape index (κ1) is 13.2. The summed E-state index contributed by atoms with van der Waals surface area (Å²) in [6, 6.07) is 0. The zero-order valence-corrected chi connectivity index (χ0v) is 11.0. The Morgan fingerprint density at radius 3 is 3.00 bits per heavy atom. The molecule has 0 aromatic carbocycles. The lowest BCUT2D eigenvalue weighted by Crippen LogP contribution is -2.12. The van der Waals surface area contributed by atoms with E-state index in [9.17, 15) is 4.79 Å². The monoisotopic (exact) mass is 261 g/mol. The van der Waals surface area contributed by atoms with Crippen molar-refractivity contribution in [1.29, 1.82) is 0 Å². The number of ether oxygens (including phenoxy) is 1. The summed E-state index contributed by atoms with van der Waals surface area (Å²) in [5.74, 6) is 1.03. The van der Waals surface area contributed by atoms with Gasteiger partial charge in [-0.3, -0.25) is 5.32 Å². The summed E-state index contributed by atoms with van der Waals surface area (Å²) in [5.41, 5.74) is 0. The normalized spacial score (nSPS) is 10.1. The second kappa shape index (κ2) is 7.45. The fourth-order valence-electron chi connectivity index (χ4n) is 0.877. The minimum absolute atomic E-state index is 0.350. The maximum Gasteiger partial charge on any atom is 0.413 e. The van der Waals surface area contributed by atoms with Crippen LogP contribution in [0.25, 0.3) is 0 Å². The molecule has 1 rings (SSSR count). The minimum atomic E-state index is -0.483. The van der Waals surface area contributed by atoms with Gasteiger partial charge in [0.25, 0.3) is 0 Å². The SMILES string of the molecule is CCCCSc1nnc(NC(=O)OCC)s1. The largest absolute Gasteiger partial charge is 0.450 e. The van der Waals surface area contributed by atoms with E-state index in [1.54, 1.807) is 18.7 Å². The molecule has 7 heteroatoms. The van der Waals surface area contributed by atoms with E-state index in [4.69, 9.17) is 4.74 Å². The lowest BCUT2D eigenvalue weighted by molar-refractivity contribution is 0.168. The summed E-state index contributed by atoms with van der Waals surface area (Å²) in [6.07, 6.45) is 1.84. The first-order chi connectivity index (χ1) is 7.76. The number of thioether (sulfide) groups is 1. The fraction of sp³-hybridized carbons (Fsp3) is 0.667. The van der Waals surface area contributed by atoms with Crippen molar-refractivity contribution in [1.82, 2.24) is 10.2 Å². The number of carbonyl (C=O) groups excluding carboxylic acids is 1. The Bertz CT molecular complexity index is 330. The van der Waals surface area contributed by atoms with Gasteiger partial charge < -0.3 is 4.74 Å². The number of rotatable bonds is 6. The van der Waals surface area contributed by atoms with E-state index in [1.165, 1.54) is 17.8 Å². The van der Waals surface area contributed by atoms with Crippen LogP contribution in [0.5, 0.6) is 0 Å². The number of hydrogen-bond acceptors (Lipinski definition) is 6. The quantitative estimate of drug-likeness (QED) is 0.484. The number of amides is 1. The molecule has 0 bridgehead atoms. The summed E-state index contributed by atoms with van der Waals surface area (Å²) in [5, 5.41) is 10.8. The average molecular weight is 261 g/mol. The van der Waals surface area contributed by atoms with Gasteiger partial charge in [0.1, 0.15) is 0 Å². The highest BCUT2D eigenvalue weighted by Gasteiger charge is 2.08. The van der Waals surface area contributed by atoms with Crippen LogP contribution in [-0.4, -0.2) is 28.7 Å². The van der Waals surface area contributed by atoms with Crippen LogP contribution in [0.3, 0.4) is 0 Å². The molecule has 0 spiro atoms. The van der Waals surface area contributed by atoms with Crippen molar-refractivity contribution in [2.75, 3.05) is 17.7 Å². The average Bonchev–Trinajstić information content (AvgIpc) is 2.66. The van der Waals surface area contributed by atoms with Crippen molar-refractivity contribution in [3.8, 4) is 0 Å². The van der Waals surface area contributed by atoms with Gasteiger partial charge in [0, 0.05) is 5.75 Å². The van der Waals surface area contributed by atoms with Crippen LogP contribution in [0.1, 0.15) is 26.7 Å². The summed E-state index contributed by atoms with van der Waals surface area (Å²) in [7, 11) is 0. The first-order valence-electron chi connectivity index (χ1n) is 5.16. The molecule has 5 nitrogen and oxygen atoms in total. The maximum absolute atomic E-state index is 11.1. The van der Waals surface area contributed by atoms with Crippen molar-refractivity contribution in [2.45, 2.75) is 31.0 Å². The number of aromatic nitrogens is 2. The van der Waals surface area contributed by atoms with Crippen molar-refractivity contribution in [3.05, 3.63) is 0 Å². The van der Waals surface area contributed by atoms with E-state index in [2.05, 4.69) is 22.4 Å². The summed E-state index contributed by atoms with van der Waals surface area (Å²) in [6.45, 7) is 4.25. The van der Waals surface area contributed by atoms with Gasteiger partial charge in [-0.2, -0.15) is 0 Å². The molecule has 0 aliphatic heterocycles. The van der Waals surface area contributed by atoms with E-state index in [1.807, 2.05) is 0 Å².